The van der Waals surface area contributed by atoms with Crippen LogP contribution in [0.2, 0.25) is 0 Å². The maximum Gasteiger partial charge on any atom is 0.148 e. The van der Waals surface area contributed by atoms with Gasteiger partial charge in [0.15, 0.2) is 0 Å². The lowest BCUT2D eigenvalue weighted by Crippen LogP contribution is -2.26. The van der Waals surface area contributed by atoms with Crippen LogP contribution >= 0.6 is 0 Å². The Morgan fingerprint density at radius 3 is 2.38 bits per heavy atom. The largest absolute Gasteiger partial charge is 0.329 e. The van der Waals surface area contributed by atoms with Crippen LogP contribution in [0.15, 0.2) is 12.3 Å². The fraction of sp³-hybridized carbons (Fsp3) is 0.273. The fourth-order valence-corrected chi connectivity index (χ4v) is 1.30. The number of pyridine rings is 1. The van der Waals surface area contributed by atoms with Gasteiger partial charge in [0.2, 0.25) is 0 Å². The van der Waals surface area contributed by atoms with Gasteiger partial charge in [0, 0.05) is 6.20 Å². The zero-order chi connectivity index (χ0) is 12.0. The van der Waals surface area contributed by atoms with Gasteiger partial charge in [0.25, 0.3) is 0 Å². The lowest BCUT2D eigenvalue weighted by molar-refractivity contribution is 0.929. The average Bonchev–Trinajstić information content (AvgIpc) is 2.28. The highest BCUT2D eigenvalue weighted by Gasteiger charge is 2.13. The fourth-order valence-electron chi connectivity index (χ4n) is 1.30. The highest BCUT2D eigenvalue weighted by atomic mass is 15.2. The molecule has 0 saturated carbocycles. The van der Waals surface area contributed by atoms with E-state index in [0.717, 1.165) is 5.56 Å². The summed E-state index contributed by atoms with van der Waals surface area (Å²) in [4.78, 5) is 5.53. The van der Waals surface area contributed by atoms with Crippen molar-refractivity contribution in [2.24, 2.45) is 0 Å². The SMILES string of the molecule is Cc1ccnc(N(CC#N)CC#N)c1C#N. The number of nitriles is 3. The zero-order valence-corrected chi connectivity index (χ0v) is 8.80. The predicted octanol–water partition coefficient (Wildman–Crippen LogP) is 1.12. The van der Waals surface area contributed by atoms with E-state index in [1.165, 1.54) is 4.90 Å². The molecule has 0 aliphatic rings. The molecule has 1 rings (SSSR count). The summed E-state index contributed by atoms with van der Waals surface area (Å²) in [6.45, 7) is 1.87. The van der Waals surface area contributed by atoms with Crippen LogP contribution in [0.25, 0.3) is 0 Å². The summed E-state index contributed by atoms with van der Waals surface area (Å²) in [6.07, 6.45) is 1.56. The number of aromatic nitrogens is 1. The number of rotatable bonds is 3. The Morgan fingerprint density at radius 1 is 1.25 bits per heavy atom. The van der Waals surface area contributed by atoms with Gasteiger partial charge in [-0.1, -0.05) is 0 Å². The molecule has 0 aliphatic carbocycles. The van der Waals surface area contributed by atoms with E-state index in [2.05, 4.69) is 4.98 Å². The Bertz CT molecular complexity index is 485. The van der Waals surface area contributed by atoms with E-state index in [1.54, 1.807) is 19.2 Å². The third-order valence-corrected chi connectivity index (χ3v) is 2.07. The molecule has 16 heavy (non-hydrogen) atoms. The van der Waals surface area contributed by atoms with E-state index < -0.39 is 0 Å². The summed E-state index contributed by atoms with van der Waals surface area (Å²) >= 11 is 0. The highest BCUT2D eigenvalue weighted by Crippen LogP contribution is 2.19. The van der Waals surface area contributed by atoms with Crippen molar-refractivity contribution in [3.05, 3.63) is 23.4 Å². The van der Waals surface area contributed by atoms with Crippen LogP contribution in [0, 0.1) is 40.9 Å². The third-order valence-electron chi connectivity index (χ3n) is 2.07. The van der Waals surface area contributed by atoms with Crippen LogP contribution in [-0.2, 0) is 0 Å². The van der Waals surface area contributed by atoms with Crippen LogP contribution in [0.5, 0.6) is 0 Å². The van der Waals surface area contributed by atoms with Crippen LogP contribution in [0.4, 0.5) is 5.82 Å². The summed E-state index contributed by atoms with van der Waals surface area (Å²) in [7, 11) is 0. The number of anilines is 1. The Balaban J connectivity index is 3.21. The summed E-state index contributed by atoms with van der Waals surface area (Å²) in [6, 6.07) is 7.65. The number of hydrogen-bond donors (Lipinski definition) is 0. The van der Waals surface area contributed by atoms with Crippen molar-refractivity contribution in [2.45, 2.75) is 6.92 Å². The summed E-state index contributed by atoms with van der Waals surface area (Å²) in [5, 5.41) is 26.3. The molecule has 0 atom stereocenters. The molecule has 0 amide bonds. The standard InChI is InChI=1S/C11H9N5/c1-9-2-5-15-11(10(9)8-14)16(6-3-12)7-4-13/h2,5H,6-7H2,1H3. The first kappa shape index (κ1) is 11.5. The van der Waals surface area contributed by atoms with Crippen molar-refractivity contribution in [1.82, 2.24) is 4.98 Å². The van der Waals surface area contributed by atoms with Gasteiger partial charge < -0.3 is 4.90 Å². The van der Waals surface area contributed by atoms with E-state index in [-0.39, 0.29) is 13.1 Å². The Hall–Kier alpha value is -2.58. The molecule has 0 radical (unpaired) electrons. The topological polar surface area (TPSA) is 87.5 Å². The quantitative estimate of drug-likeness (QED) is 0.699. The molecule has 0 aromatic carbocycles. The van der Waals surface area contributed by atoms with Gasteiger partial charge in [-0.3, -0.25) is 0 Å². The molecule has 0 bridgehead atoms. The van der Waals surface area contributed by atoms with Gasteiger partial charge in [-0.05, 0) is 18.6 Å². The Labute approximate surface area is 93.8 Å². The molecule has 0 spiro atoms. The number of hydrogen-bond acceptors (Lipinski definition) is 5. The van der Waals surface area contributed by atoms with Gasteiger partial charge >= 0.3 is 0 Å². The minimum atomic E-state index is 0.0404. The molecule has 0 fully saturated rings. The lowest BCUT2D eigenvalue weighted by atomic mass is 10.1. The average molecular weight is 211 g/mol. The van der Waals surface area contributed by atoms with E-state index in [9.17, 15) is 0 Å². The molecule has 0 unspecified atom stereocenters. The second-order valence-electron chi connectivity index (χ2n) is 3.11. The van der Waals surface area contributed by atoms with Crippen molar-refractivity contribution in [1.29, 1.82) is 15.8 Å². The second kappa shape index (κ2) is 5.34. The molecule has 5 nitrogen and oxygen atoms in total. The Kier molecular flexibility index (Phi) is 3.83. The second-order valence-corrected chi connectivity index (χ2v) is 3.11. The maximum absolute atomic E-state index is 9.00. The number of aryl methyl sites for hydroxylation is 1. The molecule has 0 N–H and O–H groups in total. The molecular formula is C11H9N5. The normalized spacial score (nSPS) is 8.62. The molecule has 1 aromatic rings. The van der Waals surface area contributed by atoms with Crippen molar-refractivity contribution in [2.75, 3.05) is 18.0 Å². The van der Waals surface area contributed by atoms with Crippen molar-refractivity contribution in [3.63, 3.8) is 0 Å². The Morgan fingerprint density at radius 2 is 1.88 bits per heavy atom. The zero-order valence-electron chi connectivity index (χ0n) is 8.80. The predicted molar refractivity (Wildman–Crippen MR) is 57.1 cm³/mol. The highest BCUT2D eigenvalue weighted by molar-refractivity contribution is 5.58. The molecule has 0 saturated heterocycles. The first-order valence-corrected chi connectivity index (χ1v) is 4.59. The van der Waals surface area contributed by atoms with Crippen molar-refractivity contribution in [3.8, 4) is 18.2 Å². The number of nitrogens with zero attached hydrogens (tertiary/aromatic N) is 5. The minimum Gasteiger partial charge on any atom is -0.329 e. The van der Waals surface area contributed by atoms with Crippen molar-refractivity contribution < 1.29 is 0 Å². The maximum atomic E-state index is 9.00. The van der Waals surface area contributed by atoms with Crippen LogP contribution in [-0.4, -0.2) is 18.1 Å². The molecule has 1 aromatic heterocycles. The molecule has 5 heteroatoms. The van der Waals surface area contributed by atoms with E-state index in [1.807, 2.05) is 18.2 Å². The molecule has 0 aliphatic heterocycles. The summed E-state index contributed by atoms with van der Waals surface area (Å²) in [5.74, 6) is 0.394. The minimum absolute atomic E-state index is 0.0404. The first-order valence-electron chi connectivity index (χ1n) is 4.59. The molecule has 1 heterocycles. The van der Waals surface area contributed by atoms with Gasteiger partial charge in [-0.2, -0.15) is 15.8 Å². The monoisotopic (exact) mass is 211 g/mol. The lowest BCUT2D eigenvalue weighted by Gasteiger charge is -2.18. The smallest absolute Gasteiger partial charge is 0.148 e. The molecular weight excluding hydrogens is 202 g/mol. The third kappa shape index (κ3) is 2.26. The van der Waals surface area contributed by atoms with E-state index in [4.69, 9.17) is 15.8 Å². The van der Waals surface area contributed by atoms with Gasteiger partial charge in [-0.15, -0.1) is 0 Å². The van der Waals surface area contributed by atoms with E-state index >= 15 is 0 Å². The van der Waals surface area contributed by atoms with Crippen LogP contribution in [0.3, 0.4) is 0 Å². The summed E-state index contributed by atoms with van der Waals surface area (Å²) < 4.78 is 0. The van der Waals surface area contributed by atoms with Crippen LogP contribution < -0.4 is 4.90 Å². The van der Waals surface area contributed by atoms with E-state index in [0.29, 0.717) is 11.4 Å². The van der Waals surface area contributed by atoms with Gasteiger partial charge in [0.1, 0.15) is 25.0 Å². The van der Waals surface area contributed by atoms with Gasteiger partial charge in [-0.25, -0.2) is 4.98 Å². The first-order chi connectivity index (χ1) is 7.74. The van der Waals surface area contributed by atoms with Crippen molar-refractivity contribution >= 4 is 5.82 Å². The summed E-state index contributed by atoms with van der Waals surface area (Å²) in [5.41, 5.74) is 1.20. The van der Waals surface area contributed by atoms with Crippen LogP contribution in [0.1, 0.15) is 11.1 Å². The van der Waals surface area contributed by atoms with Gasteiger partial charge in [0.05, 0.1) is 17.7 Å². The molecule has 78 valence electrons.